The molecule has 208 valence electrons. The smallest absolute Gasteiger partial charge is 0.282 e. The van der Waals surface area contributed by atoms with Crippen LogP contribution in [0.2, 0.25) is 0 Å². The Morgan fingerprint density at radius 1 is 1.15 bits per heavy atom. The second-order valence-corrected chi connectivity index (χ2v) is 10.7. The van der Waals surface area contributed by atoms with Crippen LogP contribution in [-0.2, 0) is 4.79 Å². The normalized spacial score (nSPS) is 12.1. The molecule has 0 aliphatic heterocycles. The quantitative estimate of drug-likeness (QED) is 0.185. The van der Waals surface area contributed by atoms with Crippen LogP contribution in [0.1, 0.15) is 44.5 Å². The molecule has 4 rings (SSSR count). The number of anilines is 1. The fraction of sp³-hybridized carbons (Fsp3) is 0.241. The molecule has 0 bridgehead atoms. The second-order valence-electron chi connectivity index (χ2n) is 8.88. The van der Waals surface area contributed by atoms with Gasteiger partial charge in [0.2, 0.25) is 0 Å². The number of hydrogen-bond donors (Lipinski definition) is 1. The molecule has 1 aromatic heterocycles. The van der Waals surface area contributed by atoms with Crippen LogP contribution in [-0.4, -0.2) is 35.0 Å². The minimum Gasteiger partial charge on any atom is -0.490 e. The SMILES string of the molecule is CCOc1cc(C=Nn2c([C@@H](C)CC)nc3ccc(Br)cc3c2=O)cc(Br)c1OCC(=O)Nc1ccccc1F. The number of rotatable bonds is 10. The maximum absolute atomic E-state index is 13.9. The highest BCUT2D eigenvalue weighted by Crippen LogP contribution is 2.36. The molecule has 1 N–H and O–H groups in total. The highest BCUT2D eigenvalue weighted by Gasteiger charge is 2.17. The number of fused-ring (bicyclic) bond motifs is 1. The molecule has 0 unspecified atom stereocenters. The van der Waals surface area contributed by atoms with Crippen molar-refractivity contribution in [2.45, 2.75) is 33.1 Å². The van der Waals surface area contributed by atoms with Crippen molar-refractivity contribution >= 4 is 60.6 Å². The van der Waals surface area contributed by atoms with Gasteiger partial charge in [-0.2, -0.15) is 9.78 Å². The summed E-state index contributed by atoms with van der Waals surface area (Å²) in [7, 11) is 0. The molecule has 1 amide bonds. The van der Waals surface area contributed by atoms with Crippen molar-refractivity contribution in [3.8, 4) is 11.5 Å². The first-order valence-corrected chi connectivity index (χ1v) is 14.2. The van der Waals surface area contributed by atoms with E-state index in [9.17, 15) is 14.0 Å². The summed E-state index contributed by atoms with van der Waals surface area (Å²) in [4.78, 5) is 30.5. The van der Waals surface area contributed by atoms with Gasteiger partial charge in [0.15, 0.2) is 18.1 Å². The van der Waals surface area contributed by atoms with E-state index in [0.29, 0.717) is 44.9 Å². The number of nitrogens with zero attached hydrogens (tertiary/aromatic N) is 3. The van der Waals surface area contributed by atoms with Crippen LogP contribution in [0.3, 0.4) is 0 Å². The van der Waals surface area contributed by atoms with Crippen molar-refractivity contribution in [3.63, 3.8) is 0 Å². The van der Waals surface area contributed by atoms with Crippen LogP contribution < -0.4 is 20.3 Å². The molecule has 11 heteroatoms. The standard InChI is InChI=1S/C29H27Br2FN4O4/c1-4-17(3)28-35-23-11-10-19(30)14-20(23)29(38)36(28)33-15-18-12-21(31)27(25(13-18)39-5-2)40-16-26(37)34-24-9-7-6-8-22(24)32/h6-15,17H,4-5,16H2,1-3H3,(H,34,37)/t17-/m0/s1. The molecule has 3 aromatic carbocycles. The van der Waals surface area contributed by atoms with Crippen LogP contribution in [0.25, 0.3) is 10.9 Å². The highest BCUT2D eigenvalue weighted by atomic mass is 79.9. The lowest BCUT2D eigenvalue weighted by Crippen LogP contribution is -2.23. The number of ether oxygens (including phenoxy) is 2. The molecule has 0 fully saturated rings. The lowest BCUT2D eigenvalue weighted by atomic mass is 10.1. The van der Waals surface area contributed by atoms with E-state index in [2.05, 4.69) is 42.3 Å². The zero-order chi connectivity index (χ0) is 28.8. The van der Waals surface area contributed by atoms with Crippen LogP contribution in [0, 0.1) is 5.82 Å². The fourth-order valence-corrected chi connectivity index (χ4v) is 4.79. The Labute approximate surface area is 247 Å². The number of aromatic nitrogens is 2. The molecule has 0 aliphatic carbocycles. The summed E-state index contributed by atoms with van der Waals surface area (Å²) in [6.45, 7) is 5.81. The zero-order valence-corrected chi connectivity index (χ0v) is 25.3. The molecule has 8 nitrogen and oxygen atoms in total. The van der Waals surface area contributed by atoms with Crippen LogP contribution in [0.4, 0.5) is 10.1 Å². The number of amides is 1. The predicted octanol–water partition coefficient (Wildman–Crippen LogP) is 6.87. The van der Waals surface area contributed by atoms with Gasteiger partial charge in [0.05, 0.1) is 33.9 Å². The first-order chi connectivity index (χ1) is 19.2. The number of carbonyl (C=O) groups is 1. The molecular formula is C29H27Br2FN4O4. The van der Waals surface area contributed by atoms with Gasteiger partial charge in [-0.15, -0.1) is 0 Å². The van der Waals surface area contributed by atoms with E-state index in [1.807, 2.05) is 32.9 Å². The molecule has 0 spiro atoms. The monoisotopic (exact) mass is 672 g/mol. The Morgan fingerprint density at radius 2 is 1.93 bits per heavy atom. The molecule has 0 aliphatic rings. The lowest BCUT2D eigenvalue weighted by Gasteiger charge is -2.15. The van der Waals surface area contributed by atoms with Crippen molar-refractivity contribution in [2.75, 3.05) is 18.5 Å². The third-order valence-corrected chi connectivity index (χ3v) is 7.12. The Kier molecular flexibility index (Phi) is 9.70. The summed E-state index contributed by atoms with van der Waals surface area (Å²) in [5.74, 6) is 0.154. The maximum atomic E-state index is 13.9. The van der Waals surface area contributed by atoms with Gasteiger partial charge in [-0.05, 0) is 77.3 Å². The average Bonchev–Trinajstić information content (AvgIpc) is 2.93. The Bertz CT molecular complexity index is 1640. The van der Waals surface area contributed by atoms with Gasteiger partial charge in [0.1, 0.15) is 11.6 Å². The molecule has 0 saturated carbocycles. The van der Waals surface area contributed by atoms with Gasteiger partial charge in [-0.3, -0.25) is 9.59 Å². The number of halogens is 3. The average molecular weight is 674 g/mol. The minimum atomic E-state index is -0.541. The van der Waals surface area contributed by atoms with Crippen molar-refractivity contribution in [1.29, 1.82) is 0 Å². The summed E-state index contributed by atoms with van der Waals surface area (Å²) in [5.41, 5.74) is 1.02. The third kappa shape index (κ3) is 6.76. The number of carbonyl (C=O) groups excluding carboxylic acids is 1. The predicted molar refractivity (Wildman–Crippen MR) is 161 cm³/mol. The summed E-state index contributed by atoms with van der Waals surface area (Å²) < 4.78 is 28.0. The highest BCUT2D eigenvalue weighted by molar-refractivity contribution is 9.10. The molecule has 1 heterocycles. The van der Waals surface area contributed by atoms with Crippen molar-refractivity contribution in [3.05, 3.63) is 91.1 Å². The summed E-state index contributed by atoms with van der Waals surface area (Å²) >= 11 is 6.90. The lowest BCUT2D eigenvalue weighted by molar-refractivity contribution is -0.118. The van der Waals surface area contributed by atoms with E-state index in [1.54, 1.807) is 30.5 Å². The van der Waals surface area contributed by atoms with Gasteiger partial charge >= 0.3 is 0 Å². The first kappa shape index (κ1) is 29.4. The number of para-hydroxylation sites is 1. The fourth-order valence-electron chi connectivity index (χ4n) is 3.86. The largest absolute Gasteiger partial charge is 0.490 e. The molecule has 1 atom stereocenters. The molecule has 0 radical (unpaired) electrons. The van der Waals surface area contributed by atoms with Crippen molar-refractivity contribution in [1.82, 2.24) is 9.66 Å². The van der Waals surface area contributed by atoms with Gasteiger partial charge < -0.3 is 14.8 Å². The van der Waals surface area contributed by atoms with Crippen LogP contribution in [0.15, 0.2) is 73.4 Å². The maximum Gasteiger partial charge on any atom is 0.282 e. The van der Waals surface area contributed by atoms with Crippen LogP contribution >= 0.6 is 31.9 Å². The zero-order valence-electron chi connectivity index (χ0n) is 22.1. The van der Waals surface area contributed by atoms with E-state index < -0.39 is 11.7 Å². The second kappa shape index (κ2) is 13.2. The summed E-state index contributed by atoms with van der Waals surface area (Å²) in [6, 6.07) is 14.7. The number of nitrogens with one attached hydrogen (secondary N) is 1. The van der Waals surface area contributed by atoms with Crippen molar-refractivity contribution < 1.29 is 18.7 Å². The molecule has 40 heavy (non-hydrogen) atoms. The molecule has 0 saturated heterocycles. The van der Waals surface area contributed by atoms with E-state index in [-0.39, 0.29) is 23.8 Å². The van der Waals surface area contributed by atoms with E-state index in [4.69, 9.17) is 14.5 Å². The first-order valence-electron chi connectivity index (χ1n) is 12.6. The third-order valence-electron chi connectivity index (χ3n) is 6.04. The van der Waals surface area contributed by atoms with E-state index >= 15 is 0 Å². The van der Waals surface area contributed by atoms with Gasteiger partial charge in [0.25, 0.3) is 11.5 Å². The summed E-state index contributed by atoms with van der Waals surface area (Å²) in [6.07, 6.45) is 2.32. The Balaban J connectivity index is 1.63. The van der Waals surface area contributed by atoms with Crippen molar-refractivity contribution in [2.24, 2.45) is 5.10 Å². The van der Waals surface area contributed by atoms with E-state index in [0.717, 1.165) is 10.9 Å². The van der Waals surface area contributed by atoms with E-state index in [1.165, 1.54) is 22.9 Å². The van der Waals surface area contributed by atoms with Gasteiger partial charge in [-0.25, -0.2) is 9.37 Å². The van der Waals surface area contributed by atoms with Crippen LogP contribution in [0.5, 0.6) is 11.5 Å². The van der Waals surface area contributed by atoms with Gasteiger partial charge in [0, 0.05) is 10.4 Å². The molecule has 4 aromatic rings. The number of hydrogen-bond acceptors (Lipinski definition) is 6. The Morgan fingerprint density at radius 3 is 2.65 bits per heavy atom. The van der Waals surface area contributed by atoms with Gasteiger partial charge in [-0.1, -0.05) is 41.9 Å². The number of benzene rings is 3. The minimum absolute atomic E-state index is 0.00472. The topological polar surface area (TPSA) is 94.8 Å². The Hall–Kier alpha value is -3.57. The molecular weight excluding hydrogens is 647 g/mol. The summed E-state index contributed by atoms with van der Waals surface area (Å²) in [5, 5.41) is 7.45.